The van der Waals surface area contributed by atoms with E-state index in [0.717, 1.165) is 37.7 Å². The Morgan fingerprint density at radius 2 is 1.67 bits per heavy atom. The van der Waals surface area contributed by atoms with Crippen LogP contribution in [0.3, 0.4) is 0 Å². The molecule has 2 aromatic carbocycles. The van der Waals surface area contributed by atoms with E-state index in [-0.39, 0.29) is 24.2 Å². The molecule has 0 aromatic heterocycles. The van der Waals surface area contributed by atoms with Gasteiger partial charge in [0.05, 0.1) is 0 Å². The molecule has 1 aliphatic rings. The first-order valence-corrected chi connectivity index (χ1v) is 11.4. The molecule has 3 unspecified atom stereocenters. The van der Waals surface area contributed by atoms with E-state index in [2.05, 4.69) is 17.4 Å². The van der Waals surface area contributed by atoms with Gasteiger partial charge in [0.15, 0.2) is 0 Å². The minimum absolute atomic E-state index is 0.152. The van der Waals surface area contributed by atoms with Crippen LogP contribution in [0.2, 0.25) is 0 Å². The van der Waals surface area contributed by atoms with Crippen LogP contribution in [0.5, 0.6) is 5.75 Å². The van der Waals surface area contributed by atoms with Crippen molar-refractivity contribution in [3.05, 3.63) is 65.7 Å². The summed E-state index contributed by atoms with van der Waals surface area (Å²) in [5.74, 6) is -0.851. The lowest BCUT2D eigenvalue weighted by atomic mass is 9.75. The highest BCUT2D eigenvalue weighted by Crippen LogP contribution is 2.33. The molecule has 1 fully saturated rings. The number of nitrogens with zero attached hydrogens (tertiary/aromatic N) is 1. The number of aliphatic carboxylic acids is 1. The van der Waals surface area contributed by atoms with Crippen molar-refractivity contribution in [1.29, 1.82) is 0 Å². The van der Waals surface area contributed by atoms with Crippen molar-refractivity contribution in [2.45, 2.75) is 44.6 Å². The Morgan fingerprint density at radius 1 is 1.00 bits per heavy atom. The van der Waals surface area contributed by atoms with Gasteiger partial charge in [-0.05, 0) is 48.4 Å². The molecule has 0 bridgehead atoms. The summed E-state index contributed by atoms with van der Waals surface area (Å²) < 4.78 is 5.19. The van der Waals surface area contributed by atoms with Gasteiger partial charge >= 0.3 is 12.1 Å². The lowest BCUT2D eigenvalue weighted by molar-refractivity contribution is -0.143. The molecule has 3 atom stereocenters. The third-order valence-electron chi connectivity index (χ3n) is 6.13. The van der Waals surface area contributed by atoms with Gasteiger partial charge in [0, 0.05) is 26.4 Å². The molecule has 7 nitrogen and oxygen atoms in total. The van der Waals surface area contributed by atoms with Gasteiger partial charge in [-0.3, -0.25) is 4.79 Å². The van der Waals surface area contributed by atoms with Crippen molar-refractivity contribution in [2.75, 3.05) is 14.1 Å². The van der Waals surface area contributed by atoms with Gasteiger partial charge in [0.2, 0.25) is 5.91 Å². The van der Waals surface area contributed by atoms with E-state index >= 15 is 0 Å². The van der Waals surface area contributed by atoms with Gasteiger partial charge in [0.25, 0.3) is 0 Å². The smallest absolute Gasteiger partial charge is 0.414 e. The average molecular weight is 453 g/mol. The molecule has 2 amide bonds. The van der Waals surface area contributed by atoms with Crippen LogP contribution < -0.4 is 10.1 Å². The van der Waals surface area contributed by atoms with Crippen LogP contribution in [0.1, 0.15) is 36.8 Å². The van der Waals surface area contributed by atoms with Crippen LogP contribution in [0.4, 0.5) is 4.79 Å². The number of carboxylic acids is 1. The summed E-state index contributed by atoms with van der Waals surface area (Å²) in [5.41, 5.74) is 1.93. The Hall–Kier alpha value is -3.35. The van der Waals surface area contributed by atoms with Crippen molar-refractivity contribution >= 4 is 18.0 Å². The van der Waals surface area contributed by atoms with E-state index in [9.17, 15) is 19.5 Å². The highest BCUT2D eigenvalue weighted by atomic mass is 16.6. The SMILES string of the molecule is CN(C)C(=O)Oc1ccc(CC(NC(=O)C2CCCCC2Cc2ccccc2)C(=O)O)cc1. The van der Waals surface area contributed by atoms with Crippen LogP contribution in [-0.4, -0.2) is 48.1 Å². The van der Waals surface area contributed by atoms with Gasteiger partial charge < -0.3 is 20.1 Å². The number of hydrogen-bond donors (Lipinski definition) is 2. The summed E-state index contributed by atoms with van der Waals surface area (Å²) in [6, 6.07) is 15.8. The molecule has 1 aliphatic carbocycles. The van der Waals surface area contributed by atoms with E-state index in [1.807, 2.05) is 18.2 Å². The van der Waals surface area contributed by atoms with Crippen LogP contribution in [0.15, 0.2) is 54.6 Å². The normalized spacial score (nSPS) is 18.7. The topological polar surface area (TPSA) is 95.9 Å². The quantitative estimate of drug-likeness (QED) is 0.633. The monoisotopic (exact) mass is 452 g/mol. The number of rotatable bonds is 8. The van der Waals surface area contributed by atoms with Crippen LogP contribution >= 0.6 is 0 Å². The maximum absolute atomic E-state index is 13.1. The maximum Gasteiger partial charge on any atom is 0.414 e. The summed E-state index contributed by atoms with van der Waals surface area (Å²) in [6.45, 7) is 0. The van der Waals surface area contributed by atoms with Crippen molar-refractivity contribution in [1.82, 2.24) is 10.2 Å². The minimum Gasteiger partial charge on any atom is -0.480 e. The molecule has 1 saturated carbocycles. The highest BCUT2D eigenvalue weighted by molar-refractivity contribution is 5.85. The molecule has 0 saturated heterocycles. The molecule has 0 heterocycles. The summed E-state index contributed by atoms with van der Waals surface area (Å²) in [4.78, 5) is 38.0. The predicted octanol–water partition coefficient (Wildman–Crippen LogP) is 3.91. The van der Waals surface area contributed by atoms with E-state index in [0.29, 0.717) is 5.75 Å². The lowest BCUT2D eigenvalue weighted by Crippen LogP contribution is -2.47. The van der Waals surface area contributed by atoms with Gasteiger partial charge in [-0.2, -0.15) is 0 Å². The van der Waals surface area contributed by atoms with Crippen molar-refractivity contribution in [2.24, 2.45) is 11.8 Å². The molecule has 3 rings (SSSR count). The molecule has 33 heavy (non-hydrogen) atoms. The second kappa shape index (κ2) is 11.5. The molecule has 176 valence electrons. The van der Waals surface area contributed by atoms with Gasteiger partial charge in [-0.25, -0.2) is 9.59 Å². The Kier molecular flexibility index (Phi) is 8.46. The molecule has 0 spiro atoms. The van der Waals surface area contributed by atoms with Crippen molar-refractivity contribution < 1.29 is 24.2 Å². The van der Waals surface area contributed by atoms with Crippen molar-refractivity contribution in [3.63, 3.8) is 0 Å². The average Bonchev–Trinajstić information content (AvgIpc) is 2.80. The summed E-state index contributed by atoms with van der Waals surface area (Å²) in [7, 11) is 3.18. The fourth-order valence-electron chi connectivity index (χ4n) is 4.31. The summed E-state index contributed by atoms with van der Waals surface area (Å²) in [6.07, 6.45) is 4.31. The van der Waals surface area contributed by atoms with E-state index in [4.69, 9.17) is 4.74 Å². The fraction of sp³-hybridized carbons (Fsp3) is 0.423. The zero-order chi connectivity index (χ0) is 23.8. The zero-order valence-corrected chi connectivity index (χ0v) is 19.2. The number of carboxylic acid groups (broad SMARTS) is 1. The summed E-state index contributed by atoms with van der Waals surface area (Å²) in [5, 5.41) is 12.5. The predicted molar refractivity (Wildman–Crippen MR) is 125 cm³/mol. The van der Waals surface area contributed by atoms with Crippen LogP contribution in [-0.2, 0) is 22.4 Å². The number of nitrogens with one attached hydrogen (secondary N) is 1. The Labute approximate surface area is 194 Å². The van der Waals surface area contributed by atoms with E-state index in [1.54, 1.807) is 38.4 Å². The largest absolute Gasteiger partial charge is 0.480 e. The van der Waals surface area contributed by atoms with Crippen molar-refractivity contribution in [3.8, 4) is 5.75 Å². The Balaban J connectivity index is 1.63. The summed E-state index contributed by atoms with van der Waals surface area (Å²) >= 11 is 0. The number of carbonyl (C=O) groups excluding carboxylic acids is 2. The third-order valence-corrected chi connectivity index (χ3v) is 6.13. The molecule has 0 aliphatic heterocycles. The standard InChI is InChI=1S/C26H32N2O5/c1-28(2)26(32)33-21-14-12-19(13-15-21)17-23(25(30)31)27-24(29)22-11-7-6-10-20(22)16-18-8-4-3-5-9-18/h3-5,8-9,12-15,20,22-23H,6-7,10-11,16-17H2,1-2H3,(H,27,29)(H,30,31). The van der Waals surface area contributed by atoms with Gasteiger partial charge in [0.1, 0.15) is 11.8 Å². The number of hydrogen-bond acceptors (Lipinski definition) is 4. The van der Waals surface area contributed by atoms with E-state index < -0.39 is 18.1 Å². The first kappa shape index (κ1) is 24.3. The lowest BCUT2D eigenvalue weighted by Gasteiger charge is -2.31. The molecule has 2 aromatic rings. The van der Waals surface area contributed by atoms with Crippen LogP contribution in [0.25, 0.3) is 0 Å². The van der Waals surface area contributed by atoms with Gasteiger partial charge in [-0.15, -0.1) is 0 Å². The first-order valence-electron chi connectivity index (χ1n) is 11.4. The third kappa shape index (κ3) is 7.07. The number of amides is 2. The molecular formula is C26H32N2O5. The maximum atomic E-state index is 13.1. The second-order valence-electron chi connectivity index (χ2n) is 8.85. The molecular weight excluding hydrogens is 420 g/mol. The van der Waals surface area contributed by atoms with Crippen LogP contribution in [0, 0.1) is 11.8 Å². The number of ether oxygens (including phenoxy) is 1. The Bertz CT molecular complexity index is 943. The number of carbonyl (C=O) groups is 3. The molecule has 0 radical (unpaired) electrons. The highest BCUT2D eigenvalue weighted by Gasteiger charge is 2.33. The van der Waals surface area contributed by atoms with Gasteiger partial charge in [-0.1, -0.05) is 55.3 Å². The fourth-order valence-corrected chi connectivity index (χ4v) is 4.31. The number of benzene rings is 2. The second-order valence-corrected chi connectivity index (χ2v) is 8.85. The molecule has 7 heteroatoms. The Morgan fingerprint density at radius 3 is 2.30 bits per heavy atom. The zero-order valence-electron chi connectivity index (χ0n) is 19.2. The molecule has 2 N–H and O–H groups in total. The minimum atomic E-state index is -1.07. The first-order chi connectivity index (χ1) is 15.8. The van der Waals surface area contributed by atoms with E-state index in [1.165, 1.54) is 10.5 Å².